The quantitative estimate of drug-likeness (QED) is 0.708. The second kappa shape index (κ2) is 7.08. The minimum absolute atomic E-state index is 0.308. The van der Waals surface area contributed by atoms with Crippen LogP contribution in [0.1, 0.15) is 17.7 Å². The lowest BCUT2D eigenvalue weighted by Gasteiger charge is -2.07. The maximum absolute atomic E-state index is 12.8. The molecule has 6 nitrogen and oxygen atoms in total. The predicted molar refractivity (Wildman–Crippen MR) is 89.5 cm³/mol. The van der Waals surface area contributed by atoms with Gasteiger partial charge in [0.25, 0.3) is 0 Å². The number of fused-ring (bicyclic) bond motifs is 1. The summed E-state index contributed by atoms with van der Waals surface area (Å²) in [5.41, 5.74) is 3.37. The lowest BCUT2D eigenvalue weighted by Crippen LogP contribution is -2.29. The Balaban J connectivity index is 1.43. The Labute approximate surface area is 138 Å². The summed E-state index contributed by atoms with van der Waals surface area (Å²) >= 11 is 0. The van der Waals surface area contributed by atoms with Crippen molar-refractivity contribution < 1.29 is 9.18 Å². The largest absolute Gasteiger partial charge is 0.338 e. The van der Waals surface area contributed by atoms with E-state index < -0.39 is 0 Å². The number of aromatic nitrogens is 3. The predicted octanol–water partition coefficient (Wildman–Crippen LogP) is 2.93. The van der Waals surface area contributed by atoms with Crippen LogP contribution in [0.15, 0.2) is 42.7 Å². The van der Waals surface area contributed by atoms with Crippen molar-refractivity contribution in [1.29, 1.82) is 0 Å². The zero-order valence-corrected chi connectivity index (χ0v) is 13.3. The van der Waals surface area contributed by atoms with E-state index in [1.165, 1.54) is 24.3 Å². The average Bonchev–Trinajstić information content (AvgIpc) is 2.93. The van der Waals surface area contributed by atoms with Gasteiger partial charge in [-0.3, -0.25) is 0 Å². The molecule has 0 unspecified atom stereocenters. The lowest BCUT2D eigenvalue weighted by atomic mass is 10.2. The standard InChI is InChI=1S/C17H18FN5O/c1-12-9-16-20-10-13(11-23(16)22-12)3-2-8-19-17(24)21-15-6-4-14(18)5-7-15/h4-7,9-11H,2-3,8H2,1H3,(H2,19,21,24). The minimum Gasteiger partial charge on any atom is -0.338 e. The topological polar surface area (TPSA) is 71.3 Å². The van der Waals surface area contributed by atoms with Gasteiger partial charge in [-0.2, -0.15) is 5.10 Å². The normalized spacial score (nSPS) is 10.8. The zero-order chi connectivity index (χ0) is 16.9. The fraction of sp³-hybridized carbons (Fsp3) is 0.235. The van der Waals surface area contributed by atoms with Crippen LogP contribution in [0.5, 0.6) is 0 Å². The number of halogens is 1. The Morgan fingerprint density at radius 3 is 2.88 bits per heavy atom. The van der Waals surface area contributed by atoms with Crippen molar-refractivity contribution in [3.8, 4) is 0 Å². The van der Waals surface area contributed by atoms with E-state index in [1.807, 2.05) is 25.4 Å². The molecule has 124 valence electrons. The summed E-state index contributed by atoms with van der Waals surface area (Å²) in [4.78, 5) is 16.1. The van der Waals surface area contributed by atoms with Crippen LogP contribution in [0.2, 0.25) is 0 Å². The summed E-state index contributed by atoms with van der Waals surface area (Å²) < 4.78 is 14.6. The molecule has 0 bridgehead atoms. The lowest BCUT2D eigenvalue weighted by molar-refractivity contribution is 0.252. The van der Waals surface area contributed by atoms with Crippen LogP contribution in [-0.4, -0.2) is 27.2 Å². The maximum atomic E-state index is 12.8. The number of carbonyl (C=O) groups excluding carboxylic acids is 1. The van der Waals surface area contributed by atoms with E-state index in [4.69, 9.17) is 0 Å². The molecule has 0 spiro atoms. The molecule has 0 atom stereocenters. The van der Waals surface area contributed by atoms with Crippen molar-refractivity contribution in [2.45, 2.75) is 19.8 Å². The molecule has 0 saturated carbocycles. The van der Waals surface area contributed by atoms with Crippen LogP contribution in [0.3, 0.4) is 0 Å². The molecular weight excluding hydrogens is 309 g/mol. The van der Waals surface area contributed by atoms with Crippen LogP contribution >= 0.6 is 0 Å². The fourth-order valence-electron chi connectivity index (χ4n) is 2.37. The van der Waals surface area contributed by atoms with Gasteiger partial charge in [-0.15, -0.1) is 0 Å². The number of aryl methyl sites for hydroxylation is 2. The van der Waals surface area contributed by atoms with Crippen molar-refractivity contribution >= 4 is 17.4 Å². The Kier molecular flexibility index (Phi) is 4.69. The van der Waals surface area contributed by atoms with Gasteiger partial charge < -0.3 is 10.6 Å². The van der Waals surface area contributed by atoms with Crippen molar-refractivity contribution in [3.63, 3.8) is 0 Å². The monoisotopic (exact) mass is 327 g/mol. The molecule has 2 heterocycles. The van der Waals surface area contributed by atoms with E-state index in [0.717, 1.165) is 29.7 Å². The fourth-order valence-corrected chi connectivity index (χ4v) is 2.37. The molecule has 2 N–H and O–H groups in total. The number of nitrogens with zero attached hydrogens (tertiary/aromatic N) is 3. The van der Waals surface area contributed by atoms with E-state index in [2.05, 4.69) is 20.7 Å². The Morgan fingerprint density at radius 2 is 2.08 bits per heavy atom. The molecule has 3 aromatic rings. The number of rotatable bonds is 5. The second-order valence-electron chi connectivity index (χ2n) is 5.54. The number of amides is 2. The van der Waals surface area contributed by atoms with Gasteiger partial charge in [-0.1, -0.05) is 0 Å². The van der Waals surface area contributed by atoms with Gasteiger partial charge in [-0.25, -0.2) is 18.7 Å². The molecular formula is C17H18FN5O. The van der Waals surface area contributed by atoms with Gasteiger partial charge >= 0.3 is 6.03 Å². The van der Waals surface area contributed by atoms with E-state index in [1.54, 1.807) is 4.52 Å². The molecule has 0 aliphatic carbocycles. The molecule has 1 aromatic carbocycles. The van der Waals surface area contributed by atoms with Gasteiger partial charge in [0.15, 0.2) is 5.65 Å². The first-order valence-electron chi connectivity index (χ1n) is 7.71. The number of nitrogens with one attached hydrogen (secondary N) is 2. The SMILES string of the molecule is Cc1cc2ncc(CCCNC(=O)Nc3ccc(F)cc3)cn2n1. The summed E-state index contributed by atoms with van der Waals surface area (Å²) in [7, 11) is 0. The third-order valence-corrected chi connectivity index (χ3v) is 3.52. The summed E-state index contributed by atoms with van der Waals surface area (Å²) in [6.07, 6.45) is 5.35. The van der Waals surface area contributed by atoms with Crippen molar-refractivity contribution in [2.24, 2.45) is 0 Å². The van der Waals surface area contributed by atoms with Crippen molar-refractivity contribution in [3.05, 3.63) is 59.8 Å². The molecule has 24 heavy (non-hydrogen) atoms. The van der Waals surface area contributed by atoms with Crippen LogP contribution < -0.4 is 10.6 Å². The summed E-state index contributed by atoms with van der Waals surface area (Å²) in [5.74, 6) is -0.334. The number of carbonyl (C=O) groups is 1. The minimum atomic E-state index is -0.334. The highest BCUT2D eigenvalue weighted by molar-refractivity contribution is 5.89. The van der Waals surface area contributed by atoms with Crippen LogP contribution in [0, 0.1) is 12.7 Å². The molecule has 0 radical (unpaired) electrons. The van der Waals surface area contributed by atoms with Crippen molar-refractivity contribution in [2.75, 3.05) is 11.9 Å². The van der Waals surface area contributed by atoms with Crippen LogP contribution in [0.25, 0.3) is 5.65 Å². The van der Waals surface area contributed by atoms with Crippen molar-refractivity contribution in [1.82, 2.24) is 19.9 Å². The van der Waals surface area contributed by atoms with Gasteiger partial charge in [-0.05, 0) is 49.6 Å². The van der Waals surface area contributed by atoms with Gasteiger partial charge in [0.1, 0.15) is 5.82 Å². The smallest absolute Gasteiger partial charge is 0.319 e. The van der Waals surface area contributed by atoms with E-state index in [9.17, 15) is 9.18 Å². The van der Waals surface area contributed by atoms with Gasteiger partial charge in [0.2, 0.25) is 0 Å². The van der Waals surface area contributed by atoms with E-state index in [0.29, 0.717) is 12.2 Å². The van der Waals surface area contributed by atoms with E-state index >= 15 is 0 Å². The first-order chi connectivity index (χ1) is 11.6. The average molecular weight is 327 g/mol. The molecule has 2 amide bonds. The highest BCUT2D eigenvalue weighted by atomic mass is 19.1. The number of hydrogen-bond acceptors (Lipinski definition) is 3. The first kappa shape index (κ1) is 15.9. The van der Waals surface area contributed by atoms with Gasteiger partial charge in [0.05, 0.1) is 5.69 Å². The summed E-state index contributed by atoms with van der Waals surface area (Å²) in [6, 6.07) is 7.25. The molecule has 0 saturated heterocycles. The number of hydrogen-bond donors (Lipinski definition) is 2. The maximum Gasteiger partial charge on any atom is 0.319 e. The Hall–Kier alpha value is -2.96. The zero-order valence-electron chi connectivity index (χ0n) is 13.3. The number of urea groups is 1. The summed E-state index contributed by atoms with van der Waals surface area (Å²) in [6.45, 7) is 2.46. The third kappa shape index (κ3) is 4.07. The first-order valence-corrected chi connectivity index (χ1v) is 7.71. The molecule has 0 aliphatic rings. The van der Waals surface area contributed by atoms with E-state index in [-0.39, 0.29) is 11.8 Å². The molecule has 3 rings (SSSR count). The second-order valence-corrected chi connectivity index (χ2v) is 5.54. The van der Waals surface area contributed by atoms with Crippen LogP contribution in [0.4, 0.5) is 14.9 Å². The van der Waals surface area contributed by atoms with Gasteiger partial charge in [0, 0.05) is 30.7 Å². The molecule has 0 fully saturated rings. The number of benzene rings is 1. The summed E-state index contributed by atoms with van der Waals surface area (Å²) in [5, 5.41) is 9.75. The molecule has 2 aromatic heterocycles. The Morgan fingerprint density at radius 1 is 1.29 bits per heavy atom. The molecule has 7 heteroatoms. The highest BCUT2D eigenvalue weighted by Crippen LogP contribution is 2.08. The number of anilines is 1. The third-order valence-electron chi connectivity index (χ3n) is 3.52. The van der Waals surface area contributed by atoms with Crippen LogP contribution in [-0.2, 0) is 6.42 Å². The highest BCUT2D eigenvalue weighted by Gasteiger charge is 2.03. The molecule has 0 aliphatic heterocycles. The Bertz CT molecular complexity index is 844.